The second-order valence-corrected chi connectivity index (χ2v) is 9.97. The summed E-state index contributed by atoms with van der Waals surface area (Å²) in [6.07, 6.45) is 9.01. The van der Waals surface area contributed by atoms with Gasteiger partial charge in [-0.1, -0.05) is 133 Å². The number of benzene rings is 5. The van der Waals surface area contributed by atoms with E-state index < -0.39 is 0 Å². The maximum atomic E-state index is 2.28. The average molecular weight is 491 g/mol. The first-order valence-corrected chi connectivity index (χ1v) is 13.3. The summed E-state index contributed by atoms with van der Waals surface area (Å²) < 4.78 is 0. The van der Waals surface area contributed by atoms with Crippen LogP contribution in [0.3, 0.4) is 0 Å². The first-order chi connectivity index (χ1) is 18.5. The van der Waals surface area contributed by atoms with Gasteiger partial charge in [0.1, 0.15) is 0 Å². The minimum Gasteiger partial charge on any atom is -0.0622 e. The van der Waals surface area contributed by atoms with Crippen LogP contribution >= 0.6 is 0 Å². The Morgan fingerprint density at radius 2 is 0.605 bits per heavy atom. The molecule has 0 heterocycles. The second-order valence-electron chi connectivity index (χ2n) is 9.97. The molecular formula is C38H34. The van der Waals surface area contributed by atoms with E-state index in [4.69, 9.17) is 0 Å². The van der Waals surface area contributed by atoms with Crippen LogP contribution in [0.2, 0.25) is 0 Å². The van der Waals surface area contributed by atoms with Gasteiger partial charge in [-0.2, -0.15) is 0 Å². The fourth-order valence-electron chi connectivity index (χ4n) is 5.06. The van der Waals surface area contributed by atoms with Crippen LogP contribution in [0.4, 0.5) is 0 Å². The Morgan fingerprint density at radius 3 is 0.921 bits per heavy atom. The molecule has 5 aromatic carbocycles. The van der Waals surface area contributed by atoms with Gasteiger partial charge in [0, 0.05) is 0 Å². The van der Waals surface area contributed by atoms with Gasteiger partial charge in [-0.25, -0.2) is 0 Å². The van der Waals surface area contributed by atoms with Gasteiger partial charge in [0.05, 0.1) is 0 Å². The van der Waals surface area contributed by atoms with Crippen molar-refractivity contribution in [1.82, 2.24) is 0 Å². The van der Waals surface area contributed by atoms with Crippen molar-refractivity contribution in [1.29, 1.82) is 0 Å². The molecule has 0 saturated carbocycles. The Balaban J connectivity index is 1.37. The highest BCUT2D eigenvalue weighted by Gasteiger charge is 2.11. The van der Waals surface area contributed by atoms with Crippen LogP contribution in [0, 0.1) is 27.7 Å². The lowest BCUT2D eigenvalue weighted by Gasteiger charge is -2.17. The summed E-state index contributed by atoms with van der Waals surface area (Å²) in [5.41, 5.74) is 15.4. The van der Waals surface area contributed by atoms with E-state index in [0.29, 0.717) is 0 Å². The number of rotatable bonds is 6. The largest absolute Gasteiger partial charge is 0.0622 e. The molecule has 0 radical (unpaired) electrons. The van der Waals surface area contributed by atoms with Gasteiger partial charge in [-0.3, -0.25) is 0 Å². The van der Waals surface area contributed by atoms with Gasteiger partial charge >= 0.3 is 0 Å². The molecule has 0 bridgehead atoms. The van der Waals surface area contributed by atoms with Crippen LogP contribution in [-0.2, 0) is 0 Å². The molecular weight excluding hydrogens is 456 g/mol. The van der Waals surface area contributed by atoms with E-state index in [1.807, 2.05) is 0 Å². The molecule has 0 amide bonds. The monoisotopic (exact) mass is 490 g/mol. The highest BCUT2D eigenvalue weighted by Crippen LogP contribution is 2.30. The third-order valence-electron chi connectivity index (χ3n) is 7.66. The zero-order valence-corrected chi connectivity index (χ0v) is 22.7. The van der Waals surface area contributed by atoms with Gasteiger partial charge < -0.3 is 0 Å². The SMILES string of the molecule is Cc1c(C)c(/C=C\c2ccc(-c3ccccc3)cc2)c(C)c(C)c1/C=C\c1ccc(-c2ccccc2)cc1. The Kier molecular flexibility index (Phi) is 7.52. The highest BCUT2D eigenvalue weighted by molar-refractivity contribution is 5.80. The van der Waals surface area contributed by atoms with Crippen molar-refractivity contribution in [3.05, 3.63) is 154 Å². The molecule has 0 fully saturated rings. The predicted octanol–water partition coefficient (Wildman–Crippen LogP) is 10.6. The molecule has 5 rings (SSSR count). The van der Waals surface area contributed by atoms with Crippen molar-refractivity contribution in [3.63, 3.8) is 0 Å². The maximum Gasteiger partial charge on any atom is -0.0184 e. The normalized spacial score (nSPS) is 11.5. The molecule has 0 atom stereocenters. The quantitative estimate of drug-likeness (QED) is 0.208. The lowest BCUT2D eigenvalue weighted by molar-refractivity contribution is 1.21. The van der Waals surface area contributed by atoms with E-state index in [1.165, 1.54) is 66.8 Å². The Labute approximate surface area is 227 Å². The summed E-state index contributed by atoms with van der Waals surface area (Å²) in [6.45, 7) is 8.97. The Morgan fingerprint density at radius 1 is 0.316 bits per heavy atom. The average Bonchev–Trinajstić information content (AvgIpc) is 2.98. The topological polar surface area (TPSA) is 0 Å². The summed E-state index contributed by atoms with van der Waals surface area (Å²) in [5.74, 6) is 0. The predicted molar refractivity (Wildman–Crippen MR) is 167 cm³/mol. The molecule has 0 nitrogen and oxygen atoms in total. The van der Waals surface area contributed by atoms with Crippen molar-refractivity contribution in [2.24, 2.45) is 0 Å². The molecule has 0 aromatic heterocycles. The van der Waals surface area contributed by atoms with Crippen LogP contribution in [0.15, 0.2) is 109 Å². The van der Waals surface area contributed by atoms with Gasteiger partial charge in [0.2, 0.25) is 0 Å². The van der Waals surface area contributed by atoms with Gasteiger partial charge in [0.15, 0.2) is 0 Å². The molecule has 5 aromatic rings. The minimum absolute atomic E-state index is 1.21. The standard InChI is InChI=1S/C38H34/c1-27-28(2)38(26-20-32-17-23-36(24-18-32)34-13-9-6-10-14-34)30(4)29(3)37(27)25-19-31-15-21-35(22-16-31)33-11-7-5-8-12-33/h5-26H,1-4H3/b25-19-,26-20-. The fraction of sp³-hybridized carbons (Fsp3) is 0.105. The van der Waals surface area contributed by atoms with E-state index in [2.05, 4.69) is 161 Å². The van der Waals surface area contributed by atoms with Gasteiger partial charge in [-0.05, 0) is 94.5 Å². The highest BCUT2D eigenvalue weighted by atomic mass is 14.2. The maximum absolute atomic E-state index is 2.28. The van der Waals surface area contributed by atoms with Crippen molar-refractivity contribution < 1.29 is 0 Å². The molecule has 0 saturated heterocycles. The van der Waals surface area contributed by atoms with Crippen LogP contribution < -0.4 is 0 Å². The summed E-state index contributed by atoms with van der Waals surface area (Å²) in [6, 6.07) is 38.6. The van der Waals surface area contributed by atoms with Crippen molar-refractivity contribution in [2.75, 3.05) is 0 Å². The second kappa shape index (κ2) is 11.3. The summed E-state index contributed by atoms with van der Waals surface area (Å²) in [7, 11) is 0. The van der Waals surface area contributed by atoms with E-state index in [0.717, 1.165) is 0 Å². The smallest absolute Gasteiger partial charge is 0.0184 e. The lowest BCUT2D eigenvalue weighted by atomic mass is 9.88. The van der Waals surface area contributed by atoms with E-state index in [1.54, 1.807) is 0 Å². The first-order valence-electron chi connectivity index (χ1n) is 13.3. The molecule has 0 aliphatic heterocycles. The van der Waals surface area contributed by atoms with Crippen molar-refractivity contribution in [3.8, 4) is 22.3 Å². The third kappa shape index (κ3) is 5.45. The molecule has 0 N–H and O–H groups in total. The lowest BCUT2D eigenvalue weighted by Crippen LogP contribution is -1.99. The van der Waals surface area contributed by atoms with Gasteiger partial charge in [0.25, 0.3) is 0 Å². The van der Waals surface area contributed by atoms with Crippen molar-refractivity contribution >= 4 is 24.3 Å². The Hall–Kier alpha value is -4.42. The molecule has 0 spiro atoms. The van der Waals surface area contributed by atoms with E-state index in [9.17, 15) is 0 Å². The van der Waals surface area contributed by atoms with E-state index in [-0.39, 0.29) is 0 Å². The van der Waals surface area contributed by atoms with Crippen LogP contribution in [-0.4, -0.2) is 0 Å². The van der Waals surface area contributed by atoms with Crippen LogP contribution in [0.1, 0.15) is 44.5 Å². The Bertz CT molecular complexity index is 1430. The summed E-state index contributed by atoms with van der Waals surface area (Å²) in [4.78, 5) is 0. The minimum atomic E-state index is 1.21. The van der Waals surface area contributed by atoms with E-state index >= 15 is 0 Å². The summed E-state index contributed by atoms with van der Waals surface area (Å²) >= 11 is 0. The summed E-state index contributed by atoms with van der Waals surface area (Å²) in [5, 5.41) is 0. The zero-order valence-electron chi connectivity index (χ0n) is 22.7. The number of hydrogen-bond acceptors (Lipinski definition) is 0. The van der Waals surface area contributed by atoms with Crippen molar-refractivity contribution in [2.45, 2.75) is 27.7 Å². The third-order valence-corrected chi connectivity index (χ3v) is 7.66. The molecule has 0 unspecified atom stereocenters. The number of hydrogen-bond donors (Lipinski definition) is 0. The molecule has 0 aliphatic carbocycles. The van der Waals surface area contributed by atoms with Crippen LogP contribution in [0.5, 0.6) is 0 Å². The molecule has 186 valence electrons. The fourth-order valence-corrected chi connectivity index (χ4v) is 5.06. The zero-order chi connectivity index (χ0) is 26.5. The molecule has 0 heteroatoms. The van der Waals surface area contributed by atoms with Gasteiger partial charge in [-0.15, -0.1) is 0 Å². The van der Waals surface area contributed by atoms with Crippen LogP contribution in [0.25, 0.3) is 46.6 Å². The molecule has 38 heavy (non-hydrogen) atoms. The first kappa shape index (κ1) is 25.2. The molecule has 0 aliphatic rings.